The molecule has 1 fully saturated rings. The largest absolute Gasteiger partial charge is 0.389 e. The molecule has 1 aromatic carbocycles. The number of rotatable bonds is 4. The van der Waals surface area contributed by atoms with Crippen molar-refractivity contribution in [3.05, 3.63) is 28.2 Å². The van der Waals surface area contributed by atoms with Gasteiger partial charge in [-0.2, -0.15) is 0 Å². The Morgan fingerprint density at radius 2 is 2.31 bits per heavy atom. The van der Waals surface area contributed by atoms with Gasteiger partial charge in [0.1, 0.15) is 4.99 Å². The number of nitrogens with one attached hydrogen (secondary N) is 1. The average Bonchev–Trinajstić information content (AvgIpc) is 2.92. The Kier molecular flexibility index (Phi) is 3.50. The second-order valence-electron chi connectivity index (χ2n) is 4.41. The standard InChI is InChI=1S/C12H15BrN2S/c1-7-4-8(7)6-15-11-3-2-9(13)5-10(11)12(14)16/h2-3,5,7-8,15H,4,6H2,1H3,(H2,14,16). The van der Waals surface area contributed by atoms with Gasteiger partial charge >= 0.3 is 0 Å². The summed E-state index contributed by atoms with van der Waals surface area (Å²) in [5.41, 5.74) is 7.65. The van der Waals surface area contributed by atoms with Crippen LogP contribution < -0.4 is 11.1 Å². The van der Waals surface area contributed by atoms with Crippen molar-refractivity contribution < 1.29 is 0 Å². The minimum absolute atomic E-state index is 0.438. The van der Waals surface area contributed by atoms with Crippen molar-refractivity contribution in [3.8, 4) is 0 Å². The molecule has 3 N–H and O–H groups in total. The highest BCUT2D eigenvalue weighted by Crippen LogP contribution is 2.37. The first-order valence-electron chi connectivity index (χ1n) is 5.41. The zero-order valence-electron chi connectivity index (χ0n) is 9.16. The molecule has 1 saturated carbocycles. The summed E-state index contributed by atoms with van der Waals surface area (Å²) in [6, 6.07) is 5.98. The molecule has 2 rings (SSSR count). The van der Waals surface area contributed by atoms with Crippen LogP contribution in [0.2, 0.25) is 0 Å². The first-order valence-corrected chi connectivity index (χ1v) is 6.61. The van der Waals surface area contributed by atoms with Gasteiger partial charge in [-0.15, -0.1) is 0 Å². The topological polar surface area (TPSA) is 38.0 Å². The van der Waals surface area contributed by atoms with Crippen molar-refractivity contribution in [2.45, 2.75) is 13.3 Å². The van der Waals surface area contributed by atoms with E-state index in [0.29, 0.717) is 4.99 Å². The normalized spacial score (nSPS) is 22.9. The van der Waals surface area contributed by atoms with Crippen molar-refractivity contribution in [1.29, 1.82) is 0 Å². The molecule has 1 aromatic rings. The summed E-state index contributed by atoms with van der Waals surface area (Å²) in [7, 11) is 0. The van der Waals surface area contributed by atoms with Crippen LogP contribution in [0.3, 0.4) is 0 Å². The Balaban J connectivity index is 2.09. The lowest BCUT2D eigenvalue weighted by Gasteiger charge is -2.11. The second-order valence-corrected chi connectivity index (χ2v) is 5.76. The first-order chi connectivity index (χ1) is 7.58. The average molecular weight is 299 g/mol. The summed E-state index contributed by atoms with van der Waals surface area (Å²) >= 11 is 8.47. The molecule has 0 spiro atoms. The van der Waals surface area contributed by atoms with E-state index < -0.39 is 0 Å². The lowest BCUT2D eigenvalue weighted by atomic mass is 10.1. The summed E-state index contributed by atoms with van der Waals surface area (Å²) in [5, 5.41) is 3.43. The van der Waals surface area contributed by atoms with Crippen LogP contribution in [0.1, 0.15) is 18.9 Å². The van der Waals surface area contributed by atoms with Crippen LogP contribution in [-0.2, 0) is 0 Å². The molecule has 0 aromatic heterocycles. The fourth-order valence-electron chi connectivity index (χ4n) is 1.80. The summed E-state index contributed by atoms with van der Waals surface area (Å²) in [6.07, 6.45) is 1.33. The van der Waals surface area contributed by atoms with Crippen LogP contribution in [0, 0.1) is 11.8 Å². The van der Waals surface area contributed by atoms with Gasteiger partial charge in [-0.05, 0) is 36.5 Å². The number of halogens is 1. The third kappa shape index (κ3) is 2.74. The van der Waals surface area contributed by atoms with Crippen molar-refractivity contribution in [1.82, 2.24) is 0 Å². The van der Waals surface area contributed by atoms with Gasteiger partial charge in [0.25, 0.3) is 0 Å². The third-order valence-corrected chi connectivity index (χ3v) is 3.79. The molecule has 0 bridgehead atoms. The molecule has 2 unspecified atom stereocenters. The number of anilines is 1. The summed E-state index contributed by atoms with van der Waals surface area (Å²) in [4.78, 5) is 0.438. The van der Waals surface area contributed by atoms with E-state index in [1.165, 1.54) is 6.42 Å². The van der Waals surface area contributed by atoms with Crippen molar-refractivity contribution in [2.75, 3.05) is 11.9 Å². The first kappa shape index (κ1) is 11.9. The van der Waals surface area contributed by atoms with Gasteiger partial charge in [-0.25, -0.2) is 0 Å². The fourth-order valence-corrected chi connectivity index (χ4v) is 2.33. The Bertz CT molecular complexity index is 419. The van der Waals surface area contributed by atoms with Gasteiger partial charge in [0.15, 0.2) is 0 Å². The van der Waals surface area contributed by atoms with Crippen LogP contribution in [0.4, 0.5) is 5.69 Å². The summed E-state index contributed by atoms with van der Waals surface area (Å²) in [6.45, 7) is 3.29. The Morgan fingerprint density at radius 3 is 2.88 bits per heavy atom. The number of benzene rings is 1. The SMILES string of the molecule is CC1CC1CNc1ccc(Br)cc1C(N)=S. The molecule has 2 nitrogen and oxygen atoms in total. The van der Waals surface area contributed by atoms with Gasteiger partial charge < -0.3 is 11.1 Å². The van der Waals surface area contributed by atoms with Crippen LogP contribution in [-0.4, -0.2) is 11.5 Å². The highest BCUT2D eigenvalue weighted by atomic mass is 79.9. The van der Waals surface area contributed by atoms with Gasteiger partial charge in [-0.1, -0.05) is 35.1 Å². The van der Waals surface area contributed by atoms with E-state index in [4.69, 9.17) is 18.0 Å². The number of thiocarbonyl (C=S) groups is 1. The third-order valence-electron chi connectivity index (χ3n) is 3.08. The van der Waals surface area contributed by atoms with E-state index in [2.05, 4.69) is 28.2 Å². The van der Waals surface area contributed by atoms with Crippen LogP contribution in [0.25, 0.3) is 0 Å². The molecule has 0 aliphatic heterocycles. The maximum atomic E-state index is 5.70. The smallest absolute Gasteiger partial charge is 0.106 e. The van der Waals surface area contributed by atoms with Crippen molar-refractivity contribution in [2.24, 2.45) is 17.6 Å². The minimum Gasteiger partial charge on any atom is -0.389 e. The zero-order chi connectivity index (χ0) is 11.7. The highest BCUT2D eigenvalue weighted by Gasteiger charge is 2.31. The lowest BCUT2D eigenvalue weighted by Crippen LogP contribution is -2.14. The molecule has 0 radical (unpaired) electrons. The lowest BCUT2D eigenvalue weighted by molar-refractivity contribution is 0.787. The van der Waals surface area contributed by atoms with Crippen LogP contribution in [0.5, 0.6) is 0 Å². The molecule has 0 heterocycles. The van der Waals surface area contributed by atoms with Crippen LogP contribution in [0.15, 0.2) is 22.7 Å². The van der Waals surface area contributed by atoms with Crippen molar-refractivity contribution in [3.63, 3.8) is 0 Å². The zero-order valence-corrected chi connectivity index (χ0v) is 11.6. The Morgan fingerprint density at radius 1 is 1.62 bits per heavy atom. The molecule has 1 aliphatic carbocycles. The Labute approximate surface area is 110 Å². The number of hydrogen-bond donors (Lipinski definition) is 2. The fraction of sp³-hybridized carbons (Fsp3) is 0.417. The predicted octanol–water partition coefficient (Wildman–Crippen LogP) is 3.15. The molecule has 0 amide bonds. The van der Waals surface area contributed by atoms with E-state index in [0.717, 1.165) is 34.1 Å². The highest BCUT2D eigenvalue weighted by molar-refractivity contribution is 9.10. The molecule has 16 heavy (non-hydrogen) atoms. The molecule has 4 heteroatoms. The second kappa shape index (κ2) is 4.72. The van der Waals surface area contributed by atoms with E-state index in [9.17, 15) is 0 Å². The number of hydrogen-bond acceptors (Lipinski definition) is 2. The number of nitrogens with two attached hydrogens (primary N) is 1. The molecular weight excluding hydrogens is 284 g/mol. The molecule has 1 aliphatic rings. The van der Waals surface area contributed by atoms with E-state index in [1.807, 2.05) is 18.2 Å². The molecule has 86 valence electrons. The quantitative estimate of drug-likeness (QED) is 0.839. The summed E-state index contributed by atoms with van der Waals surface area (Å²) in [5.74, 6) is 1.67. The molecular formula is C12H15BrN2S. The van der Waals surface area contributed by atoms with Crippen LogP contribution >= 0.6 is 28.1 Å². The van der Waals surface area contributed by atoms with Crippen molar-refractivity contribution >= 4 is 38.8 Å². The minimum atomic E-state index is 0.438. The van der Waals surface area contributed by atoms with Gasteiger partial charge in [-0.3, -0.25) is 0 Å². The predicted molar refractivity (Wildman–Crippen MR) is 75.8 cm³/mol. The van der Waals surface area contributed by atoms with E-state index in [-0.39, 0.29) is 0 Å². The van der Waals surface area contributed by atoms with Gasteiger partial charge in [0.2, 0.25) is 0 Å². The maximum Gasteiger partial charge on any atom is 0.106 e. The van der Waals surface area contributed by atoms with E-state index in [1.54, 1.807) is 0 Å². The monoisotopic (exact) mass is 298 g/mol. The summed E-state index contributed by atoms with van der Waals surface area (Å²) < 4.78 is 1.00. The molecule has 0 saturated heterocycles. The van der Waals surface area contributed by atoms with Gasteiger partial charge in [0.05, 0.1) is 0 Å². The maximum absolute atomic E-state index is 5.70. The van der Waals surface area contributed by atoms with E-state index >= 15 is 0 Å². The molecule has 2 atom stereocenters. The van der Waals surface area contributed by atoms with Gasteiger partial charge in [0, 0.05) is 22.3 Å². The Hall–Kier alpha value is -0.610.